The van der Waals surface area contributed by atoms with Crippen molar-refractivity contribution in [2.24, 2.45) is 5.73 Å². The molecule has 1 heterocycles. The minimum atomic E-state index is -0.271. The van der Waals surface area contributed by atoms with Gasteiger partial charge in [0.1, 0.15) is 6.26 Å². The molecular weight excluding hydrogens is 242 g/mol. The van der Waals surface area contributed by atoms with Gasteiger partial charge in [0, 0.05) is 18.2 Å². The van der Waals surface area contributed by atoms with Crippen LogP contribution < -0.4 is 11.1 Å². The number of nitrogens with two attached hydrogens (primary N) is 1. The molecule has 0 aliphatic rings. The fourth-order valence-corrected chi connectivity index (χ4v) is 1.51. The number of benzene rings is 1. The summed E-state index contributed by atoms with van der Waals surface area (Å²) < 4.78 is 4.61. The molecule has 1 aromatic carbocycles. The third-order valence-corrected chi connectivity index (χ3v) is 2.39. The Labute approximate surface area is 110 Å². The molecule has 19 heavy (non-hydrogen) atoms. The van der Waals surface area contributed by atoms with Crippen LogP contribution in [0.25, 0.3) is 0 Å². The lowest BCUT2D eigenvalue weighted by molar-refractivity contribution is 0.0942. The van der Waals surface area contributed by atoms with Crippen LogP contribution in [0.15, 0.2) is 41.1 Å². The summed E-state index contributed by atoms with van der Waals surface area (Å²) in [4.78, 5) is 11.7. The molecule has 0 radical (unpaired) electrons. The number of nitrogens with zero attached hydrogens (tertiary/aromatic N) is 1. The standard InChI is InChI=1S/C14H13N3O2/c15-7-2-5-11-3-1-4-12(9-11)10-16-14(18)13-6-8-19-17-13/h1,3-4,6,8-9H,7,10,15H2,(H,16,18). The van der Waals surface area contributed by atoms with Crippen LogP contribution in [0.3, 0.4) is 0 Å². The van der Waals surface area contributed by atoms with Gasteiger partial charge in [-0.25, -0.2) is 0 Å². The molecule has 0 aliphatic heterocycles. The van der Waals surface area contributed by atoms with Gasteiger partial charge in [-0.2, -0.15) is 0 Å². The van der Waals surface area contributed by atoms with E-state index < -0.39 is 0 Å². The maximum Gasteiger partial charge on any atom is 0.273 e. The molecule has 0 fully saturated rings. The third kappa shape index (κ3) is 3.69. The van der Waals surface area contributed by atoms with Crippen LogP contribution in [0.1, 0.15) is 21.6 Å². The number of rotatable bonds is 3. The van der Waals surface area contributed by atoms with E-state index in [1.165, 1.54) is 12.3 Å². The molecule has 0 saturated carbocycles. The molecule has 5 nitrogen and oxygen atoms in total. The van der Waals surface area contributed by atoms with Crippen LogP contribution in [0, 0.1) is 11.8 Å². The zero-order chi connectivity index (χ0) is 13.5. The average Bonchev–Trinajstić information content (AvgIpc) is 2.97. The molecule has 0 saturated heterocycles. The summed E-state index contributed by atoms with van der Waals surface area (Å²) in [5, 5.41) is 6.31. The van der Waals surface area contributed by atoms with E-state index in [9.17, 15) is 4.79 Å². The summed E-state index contributed by atoms with van der Waals surface area (Å²) in [5.41, 5.74) is 7.42. The Morgan fingerprint density at radius 1 is 1.42 bits per heavy atom. The van der Waals surface area contributed by atoms with Gasteiger partial charge in [-0.05, 0) is 17.7 Å². The molecule has 2 aromatic rings. The fourth-order valence-electron chi connectivity index (χ4n) is 1.51. The van der Waals surface area contributed by atoms with Gasteiger partial charge < -0.3 is 15.6 Å². The van der Waals surface area contributed by atoms with Crippen molar-refractivity contribution >= 4 is 5.91 Å². The van der Waals surface area contributed by atoms with E-state index in [4.69, 9.17) is 5.73 Å². The molecule has 0 atom stereocenters. The molecule has 3 N–H and O–H groups in total. The highest BCUT2D eigenvalue weighted by molar-refractivity contribution is 5.91. The Morgan fingerprint density at radius 3 is 3.05 bits per heavy atom. The van der Waals surface area contributed by atoms with Crippen molar-refractivity contribution in [2.75, 3.05) is 6.54 Å². The molecule has 2 rings (SSSR count). The third-order valence-electron chi connectivity index (χ3n) is 2.39. The summed E-state index contributed by atoms with van der Waals surface area (Å²) in [6.07, 6.45) is 1.36. The fraction of sp³-hybridized carbons (Fsp3) is 0.143. The second-order valence-corrected chi connectivity index (χ2v) is 3.77. The van der Waals surface area contributed by atoms with E-state index in [1.807, 2.05) is 24.3 Å². The lowest BCUT2D eigenvalue weighted by Gasteiger charge is -2.03. The molecule has 0 aliphatic carbocycles. The first-order valence-electron chi connectivity index (χ1n) is 5.76. The Morgan fingerprint density at radius 2 is 2.32 bits per heavy atom. The number of nitrogens with one attached hydrogen (secondary N) is 1. The Balaban J connectivity index is 1.98. The van der Waals surface area contributed by atoms with Crippen molar-refractivity contribution in [3.63, 3.8) is 0 Å². The predicted molar refractivity (Wildman–Crippen MR) is 70.0 cm³/mol. The van der Waals surface area contributed by atoms with Crippen LogP contribution >= 0.6 is 0 Å². The highest BCUT2D eigenvalue weighted by Gasteiger charge is 2.07. The smallest absolute Gasteiger partial charge is 0.273 e. The van der Waals surface area contributed by atoms with E-state index in [1.54, 1.807) is 0 Å². The first kappa shape index (κ1) is 12.9. The van der Waals surface area contributed by atoms with Crippen LogP contribution in [0.2, 0.25) is 0 Å². The summed E-state index contributed by atoms with van der Waals surface area (Å²) >= 11 is 0. The molecule has 0 unspecified atom stereocenters. The molecule has 0 spiro atoms. The molecule has 5 heteroatoms. The summed E-state index contributed by atoms with van der Waals surface area (Å²) in [5.74, 6) is 5.46. The van der Waals surface area contributed by atoms with Gasteiger partial charge in [0.05, 0.1) is 6.54 Å². The maximum atomic E-state index is 11.7. The van der Waals surface area contributed by atoms with Crippen molar-refractivity contribution in [2.45, 2.75) is 6.54 Å². The number of aromatic nitrogens is 1. The first-order chi connectivity index (χ1) is 9.29. The summed E-state index contributed by atoms with van der Waals surface area (Å²) in [7, 11) is 0. The monoisotopic (exact) mass is 255 g/mol. The first-order valence-corrected chi connectivity index (χ1v) is 5.76. The van der Waals surface area contributed by atoms with E-state index in [2.05, 4.69) is 26.8 Å². The number of hydrogen-bond acceptors (Lipinski definition) is 4. The average molecular weight is 255 g/mol. The van der Waals surface area contributed by atoms with Gasteiger partial charge in [0.2, 0.25) is 0 Å². The topological polar surface area (TPSA) is 81.1 Å². The van der Waals surface area contributed by atoms with Crippen molar-refractivity contribution in [3.05, 3.63) is 53.4 Å². The lowest BCUT2D eigenvalue weighted by atomic mass is 10.1. The Hall–Kier alpha value is -2.58. The van der Waals surface area contributed by atoms with E-state index >= 15 is 0 Å². The van der Waals surface area contributed by atoms with Crippen molar-refractivity contribution in [1.82, 2.24) is 10.5 Å². The van der Waals surface area contributed by atoms with Gasteiger partial charge in [-0.3, -0.25) is 4.79 Å². The number of carbonyl (C=O) groups is 1. The second kappa shape index (κ2) is 6.38. The number of hydrogen-bond donors (Lipinski definition) is 2. The zero-order valence-electron chi connectivity index (χ0n) is 10.2. The molecular formula is C14H13N3O2. The van der Waals surface area contributed by atoms with E-state index in [0.29, 0.717) is 13.1 Å². The number of carbonyl (C=O) groups excluding carboxylic acids is 1. The van der Waals surface area contributed by atoms with Crippen LogP contribution in [0.5, 0.6) is 0 Å². The lowest BCUT2D eigenvalue weighted by Crippen LogP contribution is -2.23. The van der Waals surface area contributed by atoms with Gasteiger partial charge in [-0.1, -0.05) is 29.1 Å². The molecule has 96 valence electrons. The highest BCUT2D eigenvalue weighted by atomic mass is 16.5. The van der Waals surface area contributed by atoms with Crippen molar-refractivity contribution in [1.29, 1.82) is 0 Å². The van der Waals surface area contributed by atoms with Crippen LogP contribution in [-0.4, -0.2) is 17.6 Å². The van der Waals surface area contributed by atoms with Crippen molar-refractivity contribution < 1.29 is 9.32 Å². The molecule has 0 bridgehead atoms. The van der Waals surface area contributed by atoms with Gasteiger partial charge in [0.15, 0.2) is 5.69 Å². The largest absolute Gasteiger partial charge is 0.364 e. The molecule has 1 aromatic heterocycles. The van der Waals surface area contributed by atoms with Crippen LogP contribution in [-0.2, 0) is 6.54 Å². The van der Waals surface area contributed by atoms with E-state index in [-0.39, 0.29) is 11.6 Å². The van der Waals surface area contributed by atoms with Gasteiger partial charge >= 0.3 is 0 Å². The van der Waals surface area contributed by atoms with Crippen LogP contribution in [0.4, 0.5) is 0 Å². The van der Waals surface area contributed by atoms with Crippen molar-refractivity contribution in [3.8, 4) is 11.8 Å². The minimum Gasteiger partial charge on any atom is -0.364 e. The maximum absolute atomic E-state index is 11.7. The van der Waals surface area contributed by atoms with Gasteiger partial charge in [-0.15, -0.1) is 0 Å². The summed E-state index contributed by atoms with van der Waals surface area (Å²) in [6.45, 7) is 0.733. The van der Waals surface area contributed by atoms with Gasteiger partial charge in [0.25, 0.3) is 5.91 Å². The molecule has 1 amide bonds. The Bertz CT molecular complexity index is 609. The number of amides is 1. The Kier molecular flexibility index (Phi) is 4.32. The minimum absolute atomic E-state index is 0.263. The predicted octanol–water partition coefficient (Wildman–Crippen LogP) is 0.915. The second-order valence-electron chi connectivity index (χ2n) is 3.77. The highest BCUT2D eigenvalue weighted by Crippen LogP contribution is 2.04. The SMILES string of the molecule is NCC#Cc1cccc(CNC(=O)c2ccon2)c1. The normalized spacial score (nSPS) is 9.53. The zero-order valence-corrected chi connectivity index (χ0v) is 10.2. The quantitative estimate of drug-likeness (QED) is 0.799. The summed E-state index contributed by atoms with van der Waals surface area (Å²) in [6, 6.07) is 9.12. The van der Waals surface area contributed by atoms with E-state index in [0.717, 1.165) is 11.1 Å².